The summed E-state index contributed by atoms with van der Waals surface area (Å²) in [7, 11) is 0. The number of amides is 1. The van der Waals surface area contributed by atoms with Crippen molar-refractivity contribution in [2.75, 3.05) is 10.6 Å². The first-order chi connectivity index (χ1) is 13.3. The lowest BCUT2D eigenvalue weighted by molar-refractivity contribution is 0.0696. The van der Waals surface area contributed by atoms with Crippen molar-refractivity contribution in [3.8, 4) is 5.75 Å². The second-order valence-electron chi connectivity index (χ2n) is 6.17. The second kappa shape index (κ2) is 7.75. The van der Waals surface area contributed by atoms with Gasteiger partial charge in [-0.05, 0) is 56.3 Å². The lowest BCUT2D eigenvalue weighted by Gasteiger charge is -2.10. The summed E-state index contributed by atoms with van der Waals surface area (Å²) >= 11 is 0. The number of rotatable bonds is 5. The van der Waals surface area contributed by atoms with Crippen LogP contribution < -0.4 is 10.6 Å². The Morgan fingerprint density at radius 1 is 0.929 bits per heavy atom. The highest BCUT2D eigenvalue weighted by Gasteiger charge is 2.13. The van der Waals surface area contributed by atoms with E-state index in [4.69, 9.17) is 5.11 Å². The SMILES string of the molecule is Cc1cc(C)nc(Nc2cccc(C(=O)Nc3cc(C(=O)O)ccc3O)c2)n1. The van der Waals surface area contributed by atoms with E-state index in [1.165, 1.54) is 18.2 Å². The predicted octanol–water partition coefficient (Wildman–Crippen LogP) is 3.49. The van der Waals surface area contributed by atoms with Crippen molar-refractivity contribution in [1.82, 2.24) is 9.97 Å². The molecule has 0 aliphatic heterocycles. The van der Waals surface area contributed by atoms with Crippen LogP contribution in [0.15, 0.2) is 48.5 Å². The number of carboxylic acid groups (broad SMARTS) is 1. The number of anilines is 3. The van der Waals surface area contributed by atoms with Crippen LogP contribution in [0.25, 0.3) is 0 Å². The number of aromatic hydroxyl groups is 1. The number of nitrogens with one attached hydrogen (secondary N) is 2. The van der Waals surface area contributed by atoms with E-state index in [1.54, 1.807) is 24.3 Å². The number of carbonyl (C=O) groups is 2. The topological polar surface area (TPSA) is 124 Å². The number of benzene rings is 2. The molecule has 8 heteroatoms. The van der Waals surface area contributed by atoms with Gasteiger partial charge in [-0.15, -0.1) is 0 Å². The third kappa shape index (κ3) is 4.42. The molecule has 1 heterocycles. The minimum absolute atomic E-state index is 0.0147. The van der Waals surface area contributed by atoms with Crippen molar-refractivity contribution in [2.45, 2.75) is 13.8 Å². The van der Waals surface area contributed by atoms with E-state index in [1.807, 2.05) is 19.9 Å². The van der Waals surface area contributed by atoms with Crippen LogP contribution in [0.1, 0.15) is 32.1 Å². The van der Waals surface area contributed by atoms with E-state index in [2.05, 4.69) is 20.6 Å². The summed E-state index contributed by atoms with van der Waals surface area (Å²) in [6.45, 7) is 3.73. The molecule has 0 spiro atoms. The second-order valence-corrected chi connectivity index (χ2v) is 6.17. The molecule has 3 rings (SSSR count). The lowest BCUT2D eigenvalue weighted by Crippen LogP contribution is -2.13. The fourth-order valence-corrected chi connectivity index (χ4v) is 2.61. The summed E-state index contributed by atoms with van der Waals surface area (Å²) in [5.41, 5.74) is 2.53. The van der Waals surface area contributed by atoms with Crippen molar-refractivity contribution in [1.29, 1.82) is 0 Å². The number of aryl methyl sites for hydroxylation is 2. The Morgan fingerprint density at radius 3 is 2.32 bits per heavy atom. The van der Waals surface area contributed by atoms with E-state index in [0.717, 1.165) is 11.4 Å². The van der Waals surface area contributed by atoms with Gasteiger partial charge < -0.3 is 20.8 Å². The Labute approximate surface area is 160 Å². The van der Waals surface area contributed by atoms with Gasteiger partial charge in [-0.2, -0.15) is 0 Å². The first-order valence-corrected chi connectivity index (χ1v) is 8.39. The van der Waals surface area contributed by atoms with Crippen molar-refractivity contribution in [2.24, 2.45) is 0 Å². The van der Waals surface area contributed by atoms with Gasteiger partial charge in [0.1, 0.15) is 5.75 Å². The molecule has 2 aromatic carbocycles. The number of hydrogen-bond donors (Lipinski definition) is 4. The lowest BCUT2D eigenvalue weighted by atomic mass is 10.1. The zero-order chi connectivity index (χ0) is 20.3. The molecule has 0 saturated heterocycles. The van der Waals surface area contributed by atoms with Crippen LogP contribution in [-0.4, -0.2) is 32.1 Å². The minimum Gasteiger partial charge on any atom is -0.506 e. The van der Waals surface area contributed by atoms with Crippen LogP contribution >= 0.6 is 0 Å². The van der Waals surface area contributed by atoms with Gasteiger partial charge in [0.25, 0.3) is 5.91 Å². The number of nitrogens with zero attached hydrogens (tertiary/aromatic N) is 2. The van der Waals surface area contributed by atoms with Gasteiger partial charge in [-0.3, -0.25) is 4.79 Å². The summed E-state index contributed by atoms with van der Waals surface area (Å²) in [4.78, 5) is 32.2. The molecule has 0 radical (unpaired) electrons. The first-order valence-electron chi connectivity index (χ1n) is 8.39. The summed E-state index contributed by atoms with van der Waals surface area (Å²) in [6.07, 6.45) is 0. The van der Waals surface area contributed by atoms with E-state index in [-0.39, 0.29) is 17.0 Å². The zero-order valence-electron chi connectivity index (χ0n) is 15.2. The van der Waals surface area contributed by atoms with Crippen molar-refractivity contribution < 1.29 is 19.8 Å². The van der Waals surface area contributed by atoms with Crippen LogP contribution in [0.4, 0.5) is 17.3 Å². The number of carboxylic acids is 1. The highest BCUT2D eigenvalue weighted by atomic mass is 16.4. The van der Waals surface area contributed by atoms with Gasteiger partial charge in [0.05, 0.1) is 11.3 Å². The molecule has 28 heavy (non-hydrogen) atoms. The first kappa shape index (κ1) is 18.8. The summed E-state index contributed by atoms with van der Waals surface area (Å²) in [5, 5.41) is 24.5. The Bertz CT molecular complexity index is 1050. The van der Waals surface area contributed by atoms with Gasteiger partial charge >= 0.3 is 5.97 Å². The summed E-state index contributed by atoms with van der Waals surface area (Å²) < 4.78 is 0. The number of phenols is 1. The monoisotopic (exact) mass is 378 g/mol. The Morgan fingerprint density at radius 2 is 1.64 bits per heavy atom. The number of phenolic OH excluding ortho intramolecular Hbond substituents is 1. The van der Waals surface area contributed by atoms with E-state index in [0.29, 0.717) is 17.2 Å². The maximum atomic E-state index is 12.5. The number of hydrogen-bond acceptors (Lipinski definition) is 6. The smallest absolute Gasteiger partial charge is 0.335 e. The molecular formula is C20H18N4O4. The fraction of sp³-hybridized carbons (Fsp3) is 0.100. The maximum absolute atomic E-state index is 12.5. The largest absolute Gasteiger partial charge is 0.506 e. The van der Waals surface area contributed by atoms with E-state index >= 15 is 0 Å². The highest BCUT2D eigenvalue weighted by Crippen LogP contribution is 2.25. The van der Waals surface area contributed by atoms with Crippen LogP contribution in [0.5, 0.6) is 5.75 Å². The van der Waals surface area contributed by atoms with Gasteiger partial charge in [0, 0.05) is 22.6 Å². The third-order valence-electron chi connectivity index (χ3n) is 3.85. The van der Waals surface area contributed by atoms with E-state index < -0.39 is 11.9 Å². The van der Waals surface area contributed by atoms with Crippen molar-refractivity contribution in [3.05, 3.63) is 71.0 Å². The molecule has 0 aliphatic rings. The minimum atomic E-state index is -1.16. The van der Waals surface area contributed by atoms with Gasteiger partial charge in [-0.1, -0.05) is 6.07 Å². The van der Waals surface area contributed by atoms with Crippen LogP contribution in [0.2, 0.25) is 0 Å². The number of aromatic nitrogens is 2. The van der Waals surface area contributed by atoms with Crippen LogP contribution in [0.3, 0.4) is 0 Å². The normalized spacial score (nSPS) is 10.4. The average molecular weight is 378 g/mol. The molecule has 1 aromatic heterocycles. The molecule has 0 aliphatic carbocycles. The Balaban J connectivity index is 1.81. The Hall–Kier alpha value is -3.94. The average Bonchev–Trinajstić information content (AvgIpc) is 2.62. The molecule has 0 saturated carbocycles. The Kier molecular flexibility index (Phi) is 5.21. The standard InChI is InChI=1S/C20H18N4O4/c1-11-8-12(2)22-20(21-11)23-15-5-3-4-13(9-15)18(26)24-16-10-14(19(27)28)6-7-17(16)25/h3-10,25H,1-2H3,(H,24,26)(H,27,28)(H,21,22,23). The quantitative estimate of drug-likeness (QED) is 0.501. The molecule has 3 aromatic rings. The molecular weight excluding hydrogens is 360 g/mol. The molecule has 1 amide bonds. The molecule has 4 N–H and O–H groups in total. The van der Waals surface area contributed by atoms with Gasteiger partial charge in [0.2, 0.25) is 5.95 Å². The molecule has 142 valence electrons. The predicted molar refractivity (Wildman–Crippen MR) is 104 cm³/mol. The van der Waals surface area contributed by atoms with E-state index in [9.17, 15) is 14.7 Å². The molecule has 0 atom stereocenters. The number of carbonyl (C=O) groups excluding carboxylic acids is 1. The number of aromatic carboxylic acids is 1. The third-order valence-corrected chi connectivity index (χ3v) is 3.85. The fourth-order valence-electron chi connectivity index (χ4n) is 2.61. The molecule has 8 nitrogen and oxygen atoms in total. The zero-order valence-corrected chi connectivity index (χ0v) is 15.2. The van der Waals surface area contributed by atoms with Gasteiger partial charge in [0.15, 0.2) is 0 Å². The molecule has 0 bridgehead atoms. The van der Waals surface area contributed by atoms with Crippen molar-refractivity contribution >= 4 is 29.2 Å². The molecule has 0 fully saturated rings. The van der Waals surface area contributed by atoms with Crippen LogP contribution in [0, 0.1) is 13.8 Å². The highest BCUT2D eigenvalue weighted by molar-refractivity contribution is 6.06. The van der Waals surface area contributed by atoms with Crippen molar-refractivity contribution in [3.63, 3.8) is 0 Å². The summed E-state index contributed by atoms with van der Waals surface area (Å²) in [6, 6.07) is 12.2. The van der Waals surface area contributed by atoms with Gasteiger partial charge in [-0.25, -0.2) is 14.8 Å². The maximum Gasteiger partial charge on any atom is 0.335 e. The molecule has 0 unspecified atom stereocenters. The summed E-state index contributed by atoms with van der Waals surface area (Å²) in [5.74, 6) is -1.46. The van der Waals surface area contributed by atoms with Crippen LogP contribution in [-0.2, 0) is 0 Å².